The lowest BCUT2D eigenvalue weighted by Crippen LogP contribution is -2.01. The summed E-state index contributed by atoms with van der Waals surface area (Å²) in [5.74, 6) is 0. The quantitative estimate of drug-likeness (QED) is 0.291. The van der Waals surface area contributed by atoms with E-state index in [9.17, 15) is 0 Å². The van der Waals surface area contributed by atoms with Gasteiger partial charge < -0.3 is 5.32 Å². The van der Waals surface area contributed by atoms with Crippen LogP contribution in [0.1, 0.15) is 104 Å². The van der Waals surface area contributed by atoms with Crippen molar-refractivity contribution in [2.75, 3.05) is 5.32 Å². The van der Waals surface area contributed by atoms with Gasteiger partial charge in [0.25, 0.3) is 0 Å². The van der Waals surface area contributed by atoms with Crippen LogP contribution in [0.15, 0.2) is 91.1 Å². The number of aryl methyl sites for hydroxylation is 2. The molecule has 3 rings (SSSR count). The van der Waals surface area contributed by atoms with Gasteiger partial charge in [0.2, 0.25) is 0 Å². The van der Waals surface area contributed by atoms with Gasteiger partial charge in [0.05, 0.1) is 0 Å². The molecule has 0 aliphatic carbocycles. The summed E-state index contributed by atoms with van der Waals surface area (Å²) in [5.41, 5.74) is 7.62. The first-order valence-corrected chi connectivity index (χ1v) is 14.6. The Bertz CT molecular complexity index is 901. The third-order valence-electron chi connectivity index (χ3n) is 5.84. The van der Waals surface area contributed by atoms with Crippen molar-refractivity contribution in [3.63, 3.8) is 0 Å². The summed E-state index contributed by atoms with van der Waals surface area (Å²) in [6, 6.07) is 27.5. The molecule has 0 aliphatic rings. The molecule has 0 saturated heterocycles. The minimum absolute atomic E-state index is 1.07. The molecule has 0 heterocycles. The molecule has 1 heteroatoms. The van der Waals surface area contributed by atoms with Gasteiger partial charge in [-0.25, -0.2) is 0 Å². The predicted molar refractivity (Wildman–Crippen MR) is 171 cm³/mol. The third-order valence-corrected chi connectivity index (χ3v) is 5.84. The smallest absolute Gasteiger partial charge is 0.0414 e. The van der Waals surface area contributed by atoms with Gasteiger partial charge in [0.15, 0.2) is 0 Å². The molecular formula is C36H55N. The first-order valence-electron chi connectivity index (χ1n) is 14.6. The highest BCUT2D eigenvalue weighted by Crippen LogP contribution is 2.20. The average Bonchev–Trinajstić information content (AvgIpc) is 2.94. The van der Waals surface area contributed by atoms with Crippen LogP contribution in [-0.4, -0.2) is 0 Å². The zero-order chi connectivity index (χ0) is 27.7. The van der Waals surface area contributed by atoms with Crippen LogP contribution in [-0.2, 0) is 6.42 Å². The van der Waals surface area contributed by atoms with Gasteiger partial charge in [0.1, 0.15) is 0 Å². The Kier molecular flexibility index (Phi) is 21.8. The van der Waals surface area contributed by atoms with Crippen LogP contribution in [0, 0.1) is 6.92 Å². The largest absolute Gasteiger partial charge is 0.359 e. The topological polar surface area (TPSA) is 12.0 Å². The maximum Gasteiger partial charge on any atom is 0.0414 e. The summed E-state index contributed by atoms with van der Waals surface area (Å²) in [5, 5.41) is 3.44. The lowest BCUT2D eigenvalue weighted by Gasteiger charge is -2.13. The van der Waals surface area contributed by atoms with E-state index in [0.29, 0.717) is 0 Å². The third kappa shape index (κ3) is 17.3. The highest BCUT2D eigenvalue weighted by molar-refractivity contribution is 5.63. The van der Waals surface area contributed by atoms with E-state index in [4.69, 9.17) is 0 Å². The van der Waals surface area contributed by atoms with Gasteiger partial charge in [-0.3, -0.25) is 0 Å². The minimum atomic E-state index is 1.07. The number of allylic oxidation sites excluding steroid dienone is 1. The number of hydrogen-bond acceptors (Lipinski definition) is 1. The highest BCUT2D eigenvalue weighted by Gasteiger charge is 2.01. The second kappa shape index (κ2) is 23.6. The van der Waals surface area contributed by atoms with E-state index < -0.39 is 0 Å². The number of unbranched alkanes of at least 4 members (excludes halogenated alkanes) is 3. The fraction of sp³-hybridized carbons (Fsp3) is 0.444. The Morgan fingerprint density at radius 3 is 1.62 bits per heavy atom. The molecule has 0 atom stereocenters. The minimum Gasteiger partial charge on any atom is -0.359 e. The van der Waals surface area contributed by atoms with Gasteiger partial charge >= 0.3 is 0 Å². The number of nitrogens with one attached hydrogen (secondary N) is 1. The van der Waals surface area contributed by atoms with Crippen molar-refractivity contribution in [1.82, 2.24) is 0 Å². The zero-order valence-electron chi connectivity index (χ0n) is 25.1. The van der Waals surface area contributed by atoms with Gasteiger partial charge in [-0.1, -0.05) is 165 Å². The Balaban J connectivity index is 0.000000550. The number of hydrogen-bond donors (Lipinski definition) is 1. The molecule has 0 aliphatic heterocycles. The fourth-order valence-electron chi connectivity index (χ4n) is 3.15. The molecule has 0 saturated carbocycles. The summed E-state index contributed by atoms with van der Waals surface area (Å²) in [4.78, 5) is 0. The van der Waals surface area contributed by atoms with Gasteiger partial charge in [0, 0.05) is 11.4 Å². The van der Waals surface area contributed by atoms with Crippen LogP contribution >= 0.6 is 0 Å². The summed E-state index contributed by atoms with van der Waals surface area (Å²) in [6.07, 6.45) is 11.1. The molecule has 0 aromatic heterocycles. The molecule has 0 radical (unpaired) electrons. The number of anilines is 1. The van der Waals surface area contributed by atoms with Crippen molar-refractivity contribution in [2.24, 2.45) is 0 Å². The van der Waals surface area contributed by atoms with Crippen molar-refractivity contribution >= 4 is 5.69 Å². The molecule has 0 amide bonds. The maximum absolute atomic E-state index is 4.08. The molecule has 0 bridgehead atoms. The second-order valence-corrected chi connectivity index (χ2v) is 9.47. The number of para-hydroxylation sites is 1. The number of rotatable bonds is 10. The molecule has 1 N–H and O–H groups in total. The van der Waals surface area contributed by atoms with E-state index in [2.05, 4.69) is 133 Å². The van der Waals surface area contributed by atoms with Gasteiger partial charge in [-0.2, -0.15) is 0 Å². The first kappa shape index (κ1) is 34.2. The Hall–Kier alpha value is -2.80. The lowest BCUT2D eigenvalue weighted by molar-refractivity contribution is 0.791. The molecule has 3 aromatic carbocycles. The number of benzene rings is 3. The standard InChI is InChI=1S/C15H23N.C13H12.2C4H10/c1-4-6-10-13(3)16-15-12-8-7-11-14(15)9-5-2;1-11-7-9-13(10-8-11)12-5-3-2-4-6-12;2*1-3-4-2/h7-8,11-12,16H,3-6,9-10H2,1-2H3;2-10H,1H3;2*3-4H2,1-2H3. The van der Waals surface area contributed by atoms with Crippen LogP contribution < -0.4 is 5.32 Å². The normalized spacial score (nSPS) is 9.49. The summed E-state index contributed by atoms with van der Waals surface area (Å²) in [7, 11) is 0. The van der Waals surface area contributed by atoms with E-state index in [0.717, 1.165) is 18.5 Å². The van der Waals surface area contributed by atoms with Crippen molar-refractivity contribution in [3.8, 4) is 11.1 Å². The van der Waals surface area contributed by atoms with Crippen molar-refractivity contribution < 1.29 is 0 Å². The van der Waals surface area contributed by atoms with Crippen LogP contribution in [0.5, 0.6) is 0 Å². The summed E-state index contributed by atoms with van der Waals surface area (Å²) >= 11 is 0. The molecule has 0 fully saturated rings. The monoisotopic (exact) mass is 501 g/mol. The Morgan fingerprint density at radius 2 is 1.11 bits per heavy atom. The molecule has 0 unspecified atom stereocenters. The maximum atomic E-state index is 4.08. The van der Waals surface area contributed by atoms with E-state index in [-0.39, 0.29) is 0 Å². The molecule has 3 aromatic rings. The zero-order valence-corrected chi connectivity index (χ0v) is 25.1. The van der Waals surface area contributed by atoms with Crippen molar-refractivity contribution in [1.29, 1.82) is 0 Å². The fourth-order valence-corrected chi connectivity index (χ4v) is 3.15. The van der Waals surface area contributed by atoms with Crippen molar-refractivity contribution in [2.45, 2.75) is 106 Å². The summed E-state index contributed by atoms with van der Waals surface area (Å²) in [6.45, 7) is 19.3. The predicted octanol–water partition coefficient (Wildman–Crippen LogP) is 12.0. The SMILES string of the molecule is C=C(CCCC)Nc1ccccc1CCC.CCCC.CCCC.Cc1ccc(-c2ccccc2)cc1. The Morgan fingerprint density at radius 1 is 0.595 bits per heavy atom. The van der Waals surface area contributed by atoms with E-state index >= 15 is 0 Å². The van der Waals surface area contributed by atoms with Crippen LogP contribution in [0.25, 0.3) is 11.1 Å². The highest BCUT2D eigenvalue weighted by atomic mass is 14.9. The molecule has 37 heavy (non-hydrogen) atoms. The molecule has 0 spiro atoms. The summed E-state index contributed by atoms with van der Waals surface area (Å²) < 4.78 is 0. The van der Waals surface area contributed by atoms with Gasteiger partial charge in [-0.15, -0.1) is 0 Å². The van der Waals surface area contributed by atoms with Crippen LogP contribution in [0.4, 0.5) is 5.69 Å². The van der Waals surface area contributed by atoms with Crippen LogP contribution in [0.2, 0.25) is 0 Å². The van der Waals surface area contributed by atoms with Gasteiger partial charge in [-0.05, 0) is 48.9 Å². The molecule has 1 nitrogen and oxygen atoms in total. The second-order valence-electron chi connectivity index (χ2n) is 9.47. The van der Waals surface area contributed by atoms with E-state index in [1.165, 1.54) is 72.9 Å². The van der Waals surface area contributed by atoms with E-state index in [1.807, 2.05) is 6.07 Å². The lowest BCUT2D eigenvalue weighted by atomic mass is 10.0. The Labute approximate surface area is 230 Å². The molecular weight excluding hydrogens is 446 g/mol. The van der Waals surface area contributed by atoms with E-state index in [1.54, 1.807) is 0 Å². The van der Waals surface area contributed by atoms with Crippen LogP contribution in [0.3, 0.4) is 0 Å². The van der Waals surface area contributed by atoms with Crippen molar-refractivity contribution in [3.05, 3.63) is 102 Å². The first-order chi connectivity index (χ1) is 18.0. The average molecular weight is 502 g/mol. The molecule has 204 valence electrons.